The highest BCUT2D eigenvalue weighted by molar-refractivity contribution is 6.07. The van der Waals surface area contributed by atoms with Crippen molar-refractivity contribution >= 4 is 28.9 Å². The average molecular weight is 418 g/mol. The predicted octanol–water partition coefficient (Wildman–Crippen LogP) is 3.20. The molecular formula is C21H21F3N4O2. The van der Waals surface area contributed by atoms with Gasteiger partial charge in [-0.1, -0.05) is 0 Å². The van der Waals surface area contributed by atoms with Crippen LogP contribution in [0.4, 0.5) is 30.2 Å². The van der Waals surface area contributed by atoms with Crippen LogP contribution in [-0.4, -0.2) is 49.9 Å². The van der Waals surface area contributed by atoms with Gasteiger partial charge in [-0.2, -0.15) is 13.2 Å². The van der Waals surface area contributed by atoms with Crippen LogP contribution in [0.15, 0.2) is 36.4 Å². The van der Waals surface area contributed by atoms with E-state index in [0.29, 0.717) is 30.0 Å². The van der Waals surface area contributed by atoms with Crippen molar-refractivity contribution in [2.24, 2.45) is 0 Å². The minimum atomic E-state index is -4.51. The summed E-state index contributed by atoms with van der Waals surface area (Å²) in [7, 11) is 1.99. The molecule has 1 fully saturated rings. The number of nitrogens with one attached hydrogen (secondary N) is 2. The van der Waals surface area contributed by atoms with Gasteiger partial charge in [-0.25, -0.2) is 0 Å². The maximum Gasteiger partial charge on any atom is 0.416 e. The first kappa shape index (κ1) is 20.2. The number of hydrogen-bond acceptors (Lipinski definition) is 4. The number of alkyl halides is 3. The number of halogens is 3. The van der Waals surface area contributed by atoms with Gasteiger partial charge in [-0.05, 0) is 49.0 Å². The normalized spacial score (nSPS) is 16.9. The quantitative estimate of drug-likeness (QED) is 0.804. The summed E-state index contributed by atoms with van der Waals surface area (Å²) < 4.78 is 39.8. The third-order valence-electron chi connectivity index (χ3n) is 5.41. The highest BCUT2D eigenvalue weighted by Crippen LogP contribution is 2.36. The van der Waals surface area contributed by atoms with Gasteiger partial charge in [0.15, 0.2) is 0 Å². The van der Waals surface area contributed by atoms with E-state index in [1.807, 2.05) is 11.9 Å². The second-order valence-corrected chi connectivity index (χ2v) is 7.57. The molecule has 4 rings (SSSR count). The molecule has 0 saturated carbocycles. The number of carbonyl (C=O) groups is 2. The number of likely N-dealkylation sites (N-methyl/N-ethyl adjacent to an activating group) is 1. The molecule has 0 spiro atoms. The van der Waals surface area contributed by atoms with Gasteiger partial charge in [-0.3, -0.25) is 9.59 Å². The minimum absolute atomic E-state index is 0.120. The van der Waals surface area contributed by atoms with Crippen molar-refractivity contribution < 1.29 is 22.8 Å². The monoisotopic (exact) mass is 418 g/mol. The van der Waals surface area contributed by atoms with E-state index in [1.165, 1.54) is 6.07 Å². The lowest BCUT2D eigenvalue weighted by Gasteiger charge is -2.35. The van der Waals surface area contributed by atoms with Crippen LogP contribution in [0.5, 0.6) is 0 Å². The molecule has 2 aromatic rings. The lowest BCUT2D eigenvalue weighted by atomic mass is 10.1. The predicted molar refractivity (Wildman–Crippen MR) is 108 cm³/mol. The third kappa shape index (κ3) is 4.11. The van der Waals surface area contributed by atoms with Crippen LogP contribution in [0.25, 0.3) is 0 Å². The minimum Gasteiger partial charge on any atom is -0.367 e. The van der Waals surface area contributed by atoms with Crippen LogP contribution in [-0.2, 0) is 17.4 Å². The number of nitrogens with zero attached hydrogens (tertiary/aromatic N) is 2. The molecule has 0 unspecified atom stereocenters. The first-order valence-electron chi connectivity index (χ1n) is 9.59. The fourth-order valence-electron chi connectivity index (χ4n) is 3.70. The standard InChI is InChI=1S/C21H21F3N4O2/c1-27-6-8-28(9-7-27)18-5-3-15(21(22,23)24)12-17(18)26-20(30)13-2-4-16-14(10-13)11-19(29)25-16/h2-5,10,12H,6-9,11H2,1H3,(H,25,29)(H,26,30). The van der Waals surface area contributed by atoms with E-state index >= 15 is 0 Å². The number of hydrogen-bond donors (Lipinski definition) is 2. The van der Waals surface area contributed by atoms with Gasteiger partial charge in [0.2, 0.25) is 5.91 Å². The molecule has 0 aromatic heterocycles. The summed E-state index contributed by atoms with van der Waals surface area (Å²) in [6.07, 6.45) is -4.34. The number of piperazine rings is 1. The molecule has 2 aromatic carbocycles. The van der Waals surface area contributed by atoms with Crippen molar-refractivity contribution in [1.82, 2.24) is 4.90 Å². The molecule has 1 saturated heterocycles. The number of fused-ring (bicyclic) bond motifs is 1. The molecule has 2 amide bonds. The molecule has 6 nitrogen and oxygen atoms in total. The summed E-state index contributed by atoms with van der Waals surface area (Å²) in [6, 6.07) is 8.19. The SMILES string of the molecule is CN1CCN(c2ccc(C(F)(F)F)cc2NC(=O)c2ccc3c(c2)CC(=O)N3)CC1. The lowest BCUT2D eigenvalue weighted by molar-refractivity contribution is -0.137. The van der Waals surface area contributed by atoms with Gasteiger partial charge in [0.1, 0.15) is 0 Å². The van der Waals surface area contributed by atoms with Gasteiger partial charge in [0.05, 0.1) is 23.4 Å². The van der Waals surface area contributed by atoms with E-state index in [0.717, 1.165) is 25.2 Å². The second-order valence-electron chi connectivity index (χ2n) is 7.57. The van der Waals surface area contributed by atoms with E-state index < -0.39 is 17.6 Å². The second kappa shape index (κ2) is 7.64. The molecule has 0 aliphatic carbocycles. The zero-order chi connectivity index (χ0) is 21.5. The largest absolute Gasteiger partial charge is 0.416 e. The Morgan fingerprint density at radius 2 is 1.80 bits per heavy atom. The van der Waals surface area contributed by atoms with E-state index in [4.69, 9.17) is 0 Å². The summed E-state index contributed by atoms with van der Waals surface area (Å²) >= 11 is 0. The summed E-state index contributed by atoms with van der Waals surface area (Å²) in [4.78, 5) is 28.4. The lowest BCUT2D eigenvalue weighted by Crippen LogP contribution is -2.44. The van der Waals surface area contributed by atoms with E-state index in [2.05, 4.69) is 15.5 Å². The molecule has 2 aliphatic heterocycles. The van der Waals surface area contributed by atoms with Crippen LogP contribution < -0.4 is 15.5 Å². The molecule has 0 bridgehead atoms. The van der Waals surface area contributed by atoms with Crippen molar-refractivity contribution in [2.45, 2.75) is 12.6 Å². The molecule has 2 heterocycles. The molecule has 158 valence electrons. The highest BCUT2D eigenvalue weighted by Gasteiger charge is 2.32. The Balaban J connectivity index is 1.63. The fourth-order valence-corrected chi connectivity index (χ4v) is 3.70. The molecule has 30 heavy (non-hydrogen) atoms. The number of carbonyl (C=O) groups excluding carboxylic acids is 2. The van der Waals surface area contributed by atoms with Gasteiger partial charge in [0, 0.05) is 37.4 Å². The Kier molecular flexibility index (Phi) is 5.15. The van der Waals surface area contributed by atoms with Crippen LogP contribution in [0.2, 0.25) is 0 Å². The zero-order valence-corrected chi connectivity index (χ0v) is 16.3. The molecule has 2 aliphatic rings. The number of benzene rings is 2. The van der Waals surface area contributed by atoms with Gasteiger partial charge in [0.25, 0.3) is 5.91 Å². The van der Waals surface area contributed by atoms with Crippen molar-refractivity contribution in [3.05, 3.63) is 53.1 Å². The fraction of sp³-hybridized carbons (Fsp3) is 0.333. The van der Waals surface area contributed by atoms with Gasteiger partial charge < -0.3 is 20.4 Å². The van der Waals surface area contributed by atoms with E-state index in [9.17, 15) is 22.8 Å². The summed E-state index contributed by atoms with van der Waals surface area (Å²) in [6.45, 7) is 2.86. The topological polar surface area (TPSA) is 64.7 Å². The summed E-state index contributed by atoms with van der Waals surface area (Å²) in [5.74, 6) is -0.676. The van der Waals surface area contributed by atoms with Crippen LogP contribution >= 0.6 is 0 Å². The highest BCUT2D eigenvalue weighted by atomic mass is 19.4. The van der Waals surface area contributed by atoms with Crippen LogP contribution in [0, 0.1) is 0 Å². The van der Waals surface area contributed by atoms with Crippen LogP contribution in [0.1, 0.15) is 21.5 Å². The van der Waals surface area contributed by atoms with E-state index in [-0.39, 0.29) is 23.6 Å². The first-order valence-corrected chi connectivity index (χ1v) is 9.59. The molecule has 0 atom stereocenters. The number of anilines is 3. The van der Waals surface area contributed by atoms with Crippen molar-refractivity contribution in [2.75, 3.05) is 48.8 Å². The Morgan fingerprint density at radius 3 is 2.50 bits per heavy atom. The van der Waals surface area contributed by atoms with Crippen molar-refractivity contribution in [1.29, 1.82) is 0 Å². The molecule has 9 heteroatoms. The van der Waals surface area contributed by atoms with Crippen molar-refractivity contribution in [3.8, 4) is 0 Å². The Hall–Kier alpha value is -3.07. The Bertz CT molecular complexity index is 998. The maximum absolute atomic E-state index is 13.3. The summed E-state index contributed by atoms with van der Waals surface area (Å²) in [5.41, 5.74) is 1.48. The smallest absolute Gasteiger partial charge is 0.367 e. The first-order chi connectivity index (χ1) is 14.2. The van der Waals surface area contributed by atoms with Gasteiger partial charge in [-0.15, -0.1) is 0 Å². The zero-order valence-electron chi connectivity index (χ0n) is 16.3. The molecule has 0 radical (unpaired) electrons. The third-order valence-corrected chi connectivity index (χ3v) is 5.41. The van der Waals surface area contributed by atoms with Gasteiger partial charge >= 0.3 is 6.18 Å². The average Bonchev–Trinajstić information content (AvgIpc) is 3.07. The Morgan fingerprint density at radius 1 is 1.07 bits per heavy atom. The molecular weight excluding hydrogens is 397 g/mol. The number of amides is 2. The van der Waals surface area contributed by atoms with E-state index in [1.54, 1.807) is 18.2 Å². The molecule has 2 N–H and O–H groups in total. The summed E-state index contributed by atoms with van der Waals surface area (Å²) in [5, 5.41) is 5.34. The van der Waals surface area contributed by atoms with Crippen molar-refractivity contribution in [3.63, 3.8) is 0 Å². The Labute approximate surface area is 171 Å². The maximum atomic E-state index is 13.3. The van der Waals surface area contributed by atoms with Crippen LogP contribution in [0.3, 0.4) is 0 Å². The number of rotatable bonds is 3.